The third-order valence-electron chi connectivity index (χ3n) is 4.30. The molecule has 1 amide bonds. The number of fused-ring (bicyclic) bond motifs is 3. The van der Waals surface area contributed by atoms with Crippen LogP contribution in [0.3, 0.4) is 0 Å². The van der Waals surface area contributed by atoms with E-state index in [1.165, 1.54) is 10.6 Å². The van der Waals surface area contributed by atoms with Crippen LogP contribution in [0.5, 0.6) is 0 Å². The van der Waals surface area contributed by atoms with Gasteiger partial charge in [-0.05, 0) is 31.2 Å². The van der Waals surface area contributed by atoms with Crippen LogP contribution in [0.2, 0.25) is 0 Å². The minimum atomic E-state index is -1.05. The molecule has 29 heavy (non-hydrogen) atoms. The van der Waals surface area contributed by atoms with E-state index in [0.717, 1.165) is 29.3 Å². The Morgan fingerprint density at radius 3 is 2.76 bits per heavy atom. The molecule has 0 aliphatic heterocycles. The highest BCUT2D eigenvalue weighted by Crippen LogP contribution is 2.27. The summed E-state index contributed by atoms with van der Waals surface area (Å²) in [5.41, 5.74) is 0.999. The number of thioether (sulfide) groups is 1. The molecule has 0 spiro atoms. The van der Waals surface area contributed by atoms with E-state index in [9.17, 15) is 18.4 Å². The smallest absolute Gasteiger partial charge is 0.297 e. The standard InChI is InChI=1S/C20H15F2N3O3S/c1-2-25-19(27)18-17(12-5-3-4-6-15(12)28-18)24-20(25)29-10-16(26)23-11-7-8-13(21)14(22)9-11/h3-9H,2,10H2,1H3,(H,23,26). The van der Waals surface area contributed by atoms with Crippen LogP contribution >= 0.6 is 11.8 Å². The Labute approximate surface area is 167 Å². The molecule has 4 aromatic rings. The number of aromatic nitrogens is 2. The van der Waals surface area contributed by atoms with Crippen LogP contribution in [0, 0.1) is 11.6 Å². The summed E-state index contributed by atoms with van der Waals surface area (Å²) < 4.78 is 33.4. The van der Waals surface area contributed by atoms with Crippen molar-refractivity contribution in [3.05, 3.63) is 64.5 Å². The monoisotopic (exact) mass is 415 g/mol. The maximum Gasteiger partial charge on any atom is 0.297 e. The Balaban J connectivity index is 1.61. The lowest BCUT2D eigenvalue weighted by molar-refractivity contribution is -0.113. The highest BCUT2D eigenvalue weighted by molar-refractivity contribution is 7.99. The molecule has 0 aliphatic rings. The van der Waals surface area contributed by atoms with E-state index >= 15 is 0 Å². The van der Waals surface area contributed by atoms with Crippen molar-refractivity contribution in [2.24, 2.45) is 0 Å². The van der Waals surface area contributed by atoms with Crippen LogP contribution in [0.25, 0.3) is 22.1 Å². The molecule has 0 radical (unpaired) electrons. The number of nitrogens with zero attached hydrogens (tertiary/aromatic N) is 2. The minimum Gasteiger partial charge on any atom is -0.448 e. The zero-order chi connectivity index (χ0) is 20.5. The first-order valence-corrected chi connectivity index (χ1v) is 9.76. The lowest BCUT2D eigenvalue weighted by Gasteiger charge is -2.09. The number of furan rings is 1. The maximum atomic E-state index is 13.3. The van der Waals surface area contributed by atoms with Gasteiger partial charge in [-0.15, -0.1) is 0 Å². The number of hydrogen-bond acceptors (Lipinski definition) is 5. The van der Waals surface area contributed by atoms with Crippen molar-refractivity contribution >= 4 is 45.4 Å². The summed E-state index contributed by atoms with van der Waals surface area (Å²) in [7, 11) is 0. The molecule has 0 unspecified atom stereocenters. The van der Waals surface area contributed by atoms with Crippen molar-refractivity contribution < 1.29 is 18.0 Å². The zero-order valence-corrected chi connectivity index (χ0v) is 16.1. The van der Waals surface area contributed by atoms with Gasteiger partial charge in [0.15, 0.2) is 16.8 Å². The second kappa shape index (κ2) is 7.67. The van der Waals surface area contributed by atoms with Crippen LogP contribution in [0.4, 0.5) is 14.5 Å². The number of para-hydroxylation sites is 1. The number of halogens is 2. The highest BCUT2D eigenvalue weighted by atomic mass is 32.2. The number of benzene rings is 2. The van der Waals surface area contributed by atoms with E-state index in [-0.39, 0.29) is 22.6 Å². The molecule has 9 heteroatoms. The third-order valence-corrected chi connectivity index (χ3v) is 5.28. The Kier molecular flexibility index (Phi) is 5.06. The van der Waals surface area contributed by atoms with Gasteiger partial charge in [-0.25, -0.2) is 13.8 Å². The number of rotatable bonds is 5. The van der Waals surface area contributed by atoms with Gasteiger partial charge in [-0.3, -0.25) is 14.2 Å². The summed E-state index contributed by atoms with van der Waals surface area (Å²) in [5, 5.41) is 3.58. The normalized spacial score (nSPS) is 11.3. The number of hydrogen-bond donors (Lipinski definition) is 1. The molecule has 2 heterocycles. The maximum absolute atomic E-state index is 13.3. The lowest BCUT2D eigenvalue weighted by Crippen LogP contribution is -2.23. The summed E-state index contributed by atoms with van der Waals surface area (Å²) in [5.74, 6) is -2.54. The molecule has 1 N–H and O–H groups in total. The van der Waals surface area contributed by atoms with Crippen LogP contribution in [0.1, 0.15) is 6.92 Å². The van der Waals surface area contributed by atoms with E-state index in [2.05, 4.69) is 10.3 Å². The summed E-state index contributed by atoms with van der Waals surface area (Å²) in [4.78, 5) is 29.5. The second-order valence-electron chi connectivity index (χ2n) is 6.19. The van der Waals surface area contributed by atoms with Gasteiger partial charge in [0.2, 0.25) is 11.5 Å². The predicted molar refractivity (Wildman–Crippen MR) is 107 cm³/mol. The molecule has 2 aromatic carbocycles. The molecule has 0 fully saturated rings. The fourth-order valence-corrected chi connectivity index (χ4v) is 3.80. The van der Waals surface area contributed by atoms with Gasteiger partial charge in [-0.1, -0.05) is 23.9 Å². The average molecular weight is 415 g/mol. The van der Waals surface area contributed by atoms with Crippen LogP contribution < -0.4 is 10.9 Å². The topological polar surface area (TPSA) is 77.1 Å². The Morgan fingerprint density at radius 2 is 2.00 bits per heavy atom. The summed E-state index contributed by atoms with van der Waals surface area (Å²) in [6.45, 7) is 2.15. The molecule has 0 bridgehead atoms. The van der Waals surface area contributed by atoms with Crippen molar-refractivity contribution in [3.8, 4) is 0 Å². The largest absolute Gasteiger partial charge is 0.448 e. The predicted octanol–water partition coefficient (Wildman–Crippen LogP) is 4.17. The minimum absolute atomic E-state index is 0.0628. The van der Waals surface area contributed by atoms with Crippen molar-refractivity contribution in [2.45, 2.75) is 18.6 Å². The molecule has 0 saturated heterocycles. The molecule has 2 aromatic heterocycles. The van der Waals surface area contributed by atoms with Crippen LogP contribution in [-0.4, -0.2) is 21.2 Å². The van der Waals surface area contributed by atoms with Gasteiger partial charge >= 0.3 is 0 Å². The fourth-order valence-electron chi connectivity index (χ4n) is 2.94. The zero-order valence-electron chi connectivity index (χ0n) is 15.2. The average Bonchev–Trinajstić information content (AvgIpc) is 3.08. The van der Waals surface area contributed by atoms with Crippen molar-refractivity contribution in [1.29, 1.82) is 0 Å². The number of carbonyl (C=O) groups excluding carboxylic acids is 1. The Hall–Kier alpha value is -3.20. The molecule has 6 nitrogen and oxygen atoms in total. The first kappa shape index (κ1) is 19.1. The first-order valence-electron chi connectivity index (χ1n) is 8.77. The van der Waals surface area contributed by atoms with E-state index in [4.69, 9.17) is 4.42 Å². The number of nitrogens with one attached hydrogen (secondary N) is 1. The number of anilines is 1. The number of carbonyl (C=O) groups is 1. The second-order valence-corrected chi connectivity index (χ2v) is 7.13. The van der Waals surface area contributed by atoms with E-state index in [1.54, 1.807) is 19.1 Å². The third kappa shape index (κ3) is 3.61. The fraction of sp³-hybridized carbons (Fsp3) is 0.150. The highest BCUT2D eigenvalue weighted by Gasteiger charge is 2.18. The molecular formula is C20H15F2N3O3S. The van der Waals surface area contributed by atoms with E-state index in [1.807, 2.05) is 12.1 Å². The Bertz CT molecular complexity index is 1300. The summed E-state index contributed by atoms with van der Waals surface area (Å²) in [6, 6.07) is 10.3. The molecule has 148 valence electrons. The van der Waals surface area contributed by atoms with Gasteiger partial charge in [0, 0.05) is 23.7 Å². The van der Waals surface area contributed by atoms with Gasteiger partial charge in [0.1, 0.15) is 11.1 Å². The number of amides is 1. The molecule has 0 atom stereocenters. The van der Waals surface area contributed by atoms with Gasteiger partial charge in [0.25, 0.3) is 5.56 Å². The van der Waals surface area contributed by atoms with E-state index in [0.29, 0.717) is 22.8 Å². The molecule has 0 saturated carbocycles. The van der Waals surface area contributed by atoms with Gasteiger partial charge in [-0.2, -0.15) is 0 Å². The lowest BCUT2D eigenvalue weighted by atomic mass is 10.2. The van der Waals surface area contributed by atoms with Crippen molar-refractivity contribution in [2.75, 3.05) is 11.1 Å². The van der Waals surface area contributed by atoms with Gasteiger partial charge in [0.05, 0.1) is 5.75 Å². The van der Waals surface area contributed by atoms with Crippen molar-refractivity contribution in [1.82, 2.24) is 9.55 Å². The molecule has 0 aliphatic carbocycles. The first-order chi connectivity index (χ1) is 14.0. The van der Waals surface area contributed by atoms with Gasteiger partial charge < -0.3 is 9.73 Å². The van der Waals surface area contributed by atoms with Crippen LogP contribution in [-0.2, 0) is 11.3 Å². The molecule has 4 rings (SSSR count). The van der Waals surface area contributed by atoms with Crippen molar-refractivity contribution in [3.63, 3.8) is 0 Å². The summed E-state index contributed by atoms with van der Waals surface area (Å²) >= 11 is 1.08. The quantitative estimate of drug-likeness (QED) is 0.391. The Morgan fingerprint density at radius 1 is 1.21 bits per heavy atom. The van der Waals surface area contributed by atoms with E-state index < -0.39 is 17.5 Å². The molecular weight excluding hydrogens is 400 g/mol. The SMILES string of the molecule is CCn1c(SCC(=O)Nc2ccc(F)c(F)c2)nc2c(oc3ccccc32)c1=O. The summed E-state index contributed by atoms with van der Waals surface area (Å²) in [6.07, 6.45) is 0. The van der Waals surface area contributed by atoms with Crippen LogP contribution in [0.15, 0.2) is 56.8 Å².